The monoisotopic (exact) mass is 414 g/mol. The van der Waals surface area contributed by atoms with Crippen LogP contribution in [0.5, 0.6) is 0 Å². The van der Waals surface area contributed by atoms with Crippen LogP contribution in [0.25, 0.3) is 0 Å². The van der Waals surface area contributed by atoms with E-state index < -0.39 is 15.3 Å². The van der Waals surface area contributed by atoms with E-state index in [1.54, 1.807) is 0 Å². The Morgan fingerprint density at radius 2 is 0.571 bits per heavy atom. The van der Waals surface area contributed by atoms with E-state index in [9.17, 15) is 0 Å². The Hall–Kier alpha value is -1.56. The van der Waals surface area contributed by atoms with E-state index in [1.165, 1.54) is 0 Å². The summed E-state index contributed by atoms with van der Waals surface area (Å²) in [6.07, 6.45) is 0. The summed E-state index contributed by atoms with van der Waals surface area (Å²) in [5.74, 6) is 0. The Morgan fingerprint density at radius 1 is 0.571 bits per heavy atom. The molecule has 2 radical (unpaired) electrons. The van der Waals surface area contributed by atoms with Gasteiger partial charge in [-0.1, -0.05) is 0 Å². The average Bonchev–Trinajstić information content (AvgIpc) is 1.54. The summed E-state index contributed by atoms with van der Waals surface area (Å²) < 4.78 is 0. The molecule has 84 valence electrons. The molecule has 0 saturated heterocycles. The first kappa shape index (κ1) is 29.4. The first-order valence-corrected chi connectivity index (χ1v) is 1.64. The van der Waals surface area contributed by atoms with Gasteiger partial charge in [-0.2, -0.15) is 0 Å². The fraction of sp³-hybridized carbons (Fsp3) is 0. The van der Waals surface area contributed by atoms with Crippen molar-refractivity contribution in [2.24, 2.45) is 0 Å². The molecule has 0 heterocycles. The van der Waals surface area contributed by atoms with Crippen LogP contribution < -0.4 is 6.15 Å². The van der Waals surface area contributed by atoms with Gasteiger partial charge in [-0.25, -0.2) is 0 Å². The van der Waals surface area contributed by atoms with Crippen molar-refractivity contribution in [1.82, 2.24) is 6.15 Å². The van der Waals surface area contributed by atoms with E-state index in [1.807, 2.05) is 0 Å². The van der Waals surface area contributed by atoms with E-state index in [2.05, 4.69) is 0 Å². The zero-order valence-electron chi connectivity index (χ0n) is 6.52. The van der Waals surface area contributed by atoms with Gasteiger partial charge < -0.3 is 52.1 Å². The molecule has 0 amide bonds. The molecule has 0 spiro atoms. The van der Waals surface area contributed by atoms with Crippen molar-refractivity contribution in [3.05, 3.63) is 46.0 Å². The molecule has 0 rings (SSSR count). The molecule has 0 atom stereocenters. The minimum Gasteiger partial charge on any atom is -0.369 e. The van der Waals surface area contributed by atoms with Crippen LogP contribution in [0.4, 0.5) is 0 Å². The summed E-state index contributed by atoms with van der Waals surface area (Å²) in [6.45, 7) is 0. The molecule has 0 fully saturated rings. The normalized spacial score (nSPS) is 5.14. The zero-order valence-corrected chi connectivity index (χ0v) is 10.4. The molecular formula is H5BiN4O9. The summed E-state index contributed by atoms with van der Waals surface area (Å²) in [7, 11) is 0. The molecule has 4 N–H and O–H groups in total. The summed E-state index contributed by atoms with van der Waals surface area (Å²) in [6, 6.07) is 0. The molecule has 0 saturated carbocycles. The maximum Gasteiger partial charge on any atom is -0.369 e. The smallest absolute Gasteiger partial charge is 0.369 e. The van der Waals surface area contributed by atoms with Crippen LogP contribution in [0.15, 0.2) is 0 Å². The summed E-state index contributed by atoms with van der Waals surface area (Å²) in [4.78, 5) is 24.8. The SMILES string of the molecule is O=[N+]([O-])[O-].O=[N+]([O-])[O-].O=[N+]([O-])[O-].[BiH+2].[NH4+]. The molecule has 0 aromatic heterocycles. The van der Waals surface area contributed by atoms with Crippen LogP contribution in [0.1, 0.15) is 0 Å². The third-order valence-electron chi connectivity index (χ3n) is 0. The molecule has 0 unspecified atom stereocenters. The number of rotatable bonds is 0. The molecule has 0 aliphatic carbocycles. The molecule has 14 heavy (non-hydrogen) atoms. The second-order valence-electron chi connectivity index (χ2n) is 0.671. The van der Waals surface area contributed by atoms with Gasteiger partial charge in [0, 0.05) is 0 Å². The van der Waals surface area contributed by atoms with Crippen molar-refractivity contribution < 1.29 is 15.3 Å². The first-order valence-electron chi connectivity index (χ1n) is 1.64. The fourth-order valence-electron chi connectivity index (χ4n) is 0. The molecule has 0 aromatic rings. The summed E-state index contributed by atoms with van der Waals surface area (Å²) in [5, 5.41) is 44.2. The topological polar surface area (TPSA) is 235 Å². The largest absolute Gasteiger partial charge is 0.369 e. The first-order chi connectivity index (χ1) is 5.20. The van der Waals surface area contributed by atoms with Gasteiger partial charge in [0.2, 0.25) is 0 Å². The Bertz CT molecular complexity index is 114. The maximum absolute atomic E-state index is 8.25. The summed E-state index contributed by atoms with van der Waals surface area (Å²) >= 11 is 0. The van der Waals surface area contributed by atoms with E-state index in [4.69, 9.17) is 46.0 Å². The second-order valence-corrected chi connectivity index (χ2v) is 0.671. The Kier molecular flexibility index (Phi) is 47.3. The van der Waals surface area contributed by atoms with Gasteiger partial charge in [0.05, 0.1) is 15.3 Å². The van der Waals surface area contributed by atoms with Crippen LogP contribution in [0, 0.1) is 46.0 Å². The van der Waals surface area contributed by atoms with Gasteiger partial charge in [-0.05, 0) is 0 Å². The van der Waals surface area contributed by atoms with Crippen molar-refractivity contribution in [3.8, 4) is 0 Å². The van der Waals surface area contributed by atoms with Crippen molar-refractivity contribution in [1.29, 1.82) is 0 Å². The molecule has 13 nitrogen and oxygen atoms in total. The quantitative estimate of drug-likeness (QED) is 0.290. The minimum absolute atomic E-state index is 0. The fourth-order valence-corrected chi connectivity index (χ4v) is 0. The van der Waals surface area contributed by atoms with Crippen molar-refractivity contribution in [2.75, 3.05) is 0 Å². The van der Waals surface area contributed by atoms with Crippen molar-refractivity contribution in [2.45, 2.75) is 0 Å². The number of hydrogen-bond donors (Lipinski definition) is 1. The molecule has 0 aromatic carbocycles. The van der Waals surface area contributed by atoms with Crippen LogP contribution in [-0.2, 0) is 0 Å². The van der Waals surface area contributed by atoms with Crippen LogP contribution >= 0.6 is 0 Å². The van der Waals surface area contributed by atoms with Crippen molar-refractivity contribution in [3.63, 3.8) is 0 Å². The molecular weight excluding hydrogens is 409 g/mol. The summed E-state index contributed by atoms with van der Waals surface area (Å²) in [5.41, 5.74) is 0. The maximum atomic E-state index is 8.25. The van der Waals surface area contributed by atoms with E-state index in [-0.39, 0.29) is 32.4 Å². The minimum atomic E-state index is -1.75. The standard InChI is InChI=1S/Bi.3NO3.H3N.H/c;3*2-1(3)4;;/h;;;;1H3;/q+2;3*-1;;/p+1. The average molecular weight is 414 g/mol. The van der Waals surface area contributed by atoms with Crippen LogP contribution in [-0.4, -0.2) is 41.5 Å². The van der Waals surface area contributed by atoms with E-state index in [0.717, 1.165) is 0 Å². The van der Waals surface area contributed by atoms with Gasteiger partial charge in [-0.3, -0.25) is 0 Å². The van der Waals surface area contributed by atoms with E-state index in [0.29, 0.717) is 0 Å². The molecule has 0 aliphatic heterocycles. The van der Waals surface area contributed by atoms with Gasteiger partial charge in [0.15, 0.2) is 0 Å². The third kappa shape index (κ3) is 384. The van der Waals surface area contributed by atoms with Gasteiger partial charge >= 0.3 is 26.2 Å². The van der Waals surface area contributed by atoms with Gasteiger partial charge in [0.1, 0.15) is 0 Å². The molecule has 0 bridgehead atoms. The van der Waals surface area contributed by atoms with Crippen LogP contribution in [0.2, 0.25) is 0 Å². The van der Waals surface area contributed by atoms with Gasteiger partial charge in [0.25, 0.3) is 0 Å². The zero-order chi connectivity index (χ0) is 10.7. The molecule has 0 aliphatic rings. The number of hydrogen-bond acceptors (Lipinski definition) is 9. The van der Waals surface area contributed by atoms with Gasteiger partial charge in [-0.15, -0.1) is 0 Å². The molecule has 14 heteroatoms. The predicted molar refractivity (Wildman–Crippen MR) is 44.2 cm³/mol. The Morgan fingerprint density at radius 3 is 0.571 bits per heavy atom. The number of nitrogens with zero attached hydrogens (tertiary/aromatic N) is 3. The van der Waals surface area contributed by atoms with Crippen molar-refractivity contribution >= 4 is 26.2 Å². The van der Waals surface area contributed by atoms with E-state index >= 15 is 0 Å². The second kappa shape index (κ2) is 22.5. The Balaban J connectivity index is -0.0000000270. The third-order valence-corrected chi connectivity index (χ3v) is 0. The number of quaternary nitrogens is 1. The predicted octanol–water partition coefficient (Wildman–Crippen LogP) is -0.990. The Labute approximate surface area is 94.0 Å². The van der Waals surface area contributed by atoms with Crippen LogP contribution in [0.3, 0.4) is 0 Å².